The summed E-state index contributed by atoms with van der Waals surface area (Å²) in [5, 5.41) is 0. The molecule has 1 aromatic heterocycles. The van der Waals surface area contributed by atoms with Crippen LogP contribution in [0, 0.1) is 0 Å². The Labute approximate surface area is 167 Å². The van der Waals surface area contributed by atoms with Crippen molar-refractivity contribution in [3.8, 4) is 5.75 Å². The van der Waals surface area contributed by atoms with Crippen molar-refractivity contribution in [3.63, 3.8) is 0 Å². The van der Waals surface area contributed by atoms with Gasteiger partial charge in [0, 0.05) is 11.4 Å². The Morgan fingerprint density at radius 1 is 1.19 bits per heavy atom. The first-order valence-corrected chi connectivity index (χ1v) is 11.2. The lowest BCUT2D eigenvalue weighted by molar-refractivity contribution is -0.117. The largest absolute Gasteiger partial charge is 0.494 e. The first-order valence-electron chi connectivity index (χ1n) is 9.11. The zero-order valence-corrected chi connectivity index (χ0v) is 17.5. The topological polar surface area (TPSA) is 43.6 Å². The van der Waals surface area contributed by atoms with E-state index in [-0.39, 0.29) is 5.91 Å². The average molecular weight is 401 g/mol. The van der Waals surface area contributed by atoms with E-state index in [1.54, 1.807) is 23.1 Å². The van der Waals surface area contributed by atoms with Gasteiger partial charge < -0.3 is 9.30 Å². The summed E-state index contributed by atoms with van der Waals surface area (Å²) in [6, 6.07) is 14.1. The maximum Gasteiger partial charge on any atom is 0.252 e. The molecule has 0 N–H and O–H groups in total. The summed E-state index contributed by atoms with van der Waals surface area (Å²) in [6.07, 6.45) is 3.36. The molecule has 0 aliphatic carbocycles. The van der Waals surface area contributed by atoms with Crippen LogP contribution in [0.3, 0.4) is 0 Å². The fraction of sp³-hybridized carbons (Fsp3) is 0.333. The molecule has 0 saturated heterocycles. The second-order valence-corrected chi connectivity index (χ2v) is 8.02. The Morgan fingerprint density at radius 3 is 2.63 bits per heavy atom. The van der Waals surface area contributed by atoms with Gasteiger partial charge >= 0.3 is 0 Å². The molecule has 3 aromatic rings. The average Bonchev–Trinajstić information content (AvgIpc) is 3.00. The van der Waals surface area contributed by atoms with Crippen LogP contribution < -0.4 is 9.54 Å². The van der Waals surface area contributed by atoms with Gasteiger partial charge in [-0.1, -0.05) is 30.4 Å². The number of benzene rings is 2. The highest BCUT2D eigenvalue weighted by atomic mass is 32.2. The van der Waals surface area contributed by atoms with Crippen LogP contribution in [-0.4, -0.2) is 23.3 Å². The Balaban J connectivity index is 1.89. The van der Waals surface area contributed by atoms with Crippen LogP contribution in [0.5, 0.6) is 5.75 Å². The molecule has 27 heavy (non-hydrogen) atoms. The molecule has 6 heteroatoms. The molecule has 3 rings (SSSR count). The second kappa shape index (κ2) is 9.24. The molecule has 0 bridgehead atoms. The molecular weight excluding hydrogens is 376 g/mol. The van der Waals surface area contributed by atoms with Gasteiger partial charge in [-0.15, -0.1) is 11.8 Å². The smallest absolute Gasteiger partial charge is 0.252 e. The molecule has 0 aliphatic rings. The third-order valence-corrected chi connectivity index (χ3v) is 5.91. The first-order chi connectivity index (χ1) is 13.1. The van der Waals surface area contributed by atoms with Crippen LogP contribution in [0.2, 0.25) is 0 Å². The first kappa shape index (κ1) is 19.7. The van der Waals surface area contributed by atoms with Crippen molar-refractivity contribution < 1.29 is 9.53 Å². The number of aromatic nitrogens is 1. The van der Waals surface area contributed by atoms with E-state index in [1.165, 1.54) is 9.60 Å². The van der Waals surface area contributed by atoms with Crippen molar-refractivity contribution in [2.75, 3.05) is 12.9 Å². The number of amides is 1. The normalized spacial score (nSPS) is 11.9. The number of carbonyl (C=O) groups is 1. The van der Waals surface area contributed by atoms with Crippen molar-refractivity contribution in [2.45, 2.75) is 38.1 Å². The lowest BCUT2D eigenvalue weighted by atomic mass is 10.1. The molecule has 0 radical (unpaired) electrons. The highest BCUT2D eigenvalue weighted by Gasteiger charge is 2.09. The van der Waals surface area contributed by atoms with E-state index in [4.69, 9.17) is 4.74 Å². The predicted molar refractivity (Wildman–Crippen MR) is 114 cm³/mol. The van der Waals surface area contributed by atoms with Crippen LogP contribution in [0.1, 0.15) is 25.8 Å². The van der Waals surface area contributed by atoms with E-state index in [0.717, 1.165) is 34.6 Å². The van der Waals surface area contributed by atoms with Gasteiger partial charge in [-0.05, 0) is 55.5 Å². The van der Waals surface area contributed by atoms with Crippen LogP contribution in [0.25, 0.3) is 10.2 Å². The van der Waals surface area contributed by atoms with Gasteiger partial charge in [0.05, 0.1) is 23.2 Å². The number of hydrogen-bond donors (Lipinski definition) is 0. The number of ether oxygens (including phenoxy) is 1. The zero-order chi connectivity index (χ0) is 19.2. The molecule has 0 saturated carbocycles. The maximum absolute atomic E-state index is 12.5. The third kappa shape index (κ3) is 4.82. The Morgan fingerprint density at radius 2 is 1.96 bits per heavy atom. The van der Waals surface area contributed by atoms with Crippen molar-refractivity contribution in [1.29, 1.82) is 0 Å². The van der Waals surface area contributed by atoms with Gasteiger partial charge in [0.2, 0.25) is 0 Å². The summed E-state index contributed by atoms with van der Waals surface area (Å²) in [5.41, 5.74) is 2.09. The fourth-order valence-electron chi connectivity index (χ4n) is 2.90. The van der Waals surface area contributed by atoms with E-state index in [2.05, 4.69) is 40.9 Å². The molecule has 142 valence electrons. The quantitative estimate of drug-likeness (QED) is 0.530. The Hall–Kier alpha value is -2.05. The SMILES string of the molecule is CCCn1c(=NC(=O)Cc2ccc(OCC)cc2)sc2cc(SC)ccc21. The third-order valence-electron chi connectivity index (χ3n) is 4.15. The summed E-state index contributed by atoms with van der Waals surface area (Å²) < 4.78 is 8.77. The van der Waals surface area contributed by atoms with Crippen LogP contribution in [0.15, 0.2) is 52.4 Å². The number of fused-ring (bicyclic) bond motifs is 1. The van der Waals surface area contributed by atoms with E-state index < -0.39 is 0 Å². The molecular formula is C21H24N2O2S2. The van der Waals surface area contributed by atoms with Gasteiger partial charge in [-0.25, -0.2) is 0 Å². The van der Waals surface area contributed by atoms with Crippen molar-refractivity contribution in [2.24, 2.45) is 4.99 Å². The predicted octanol–water partition coefficient (Wildman–Crippen LogP) is 4.90. The van der Waals surface area contributed by atoms with Crippen LogP contribution >= 0.6 is 23.1 Å². The summed E-state index contributed by atoms with van der Waals surface area (Å²) in [4.78, 5) is 19.0. The number of carbonyl (C=O) groups excluding carboxylic acids is 1. The van der Waals surface area contributed by atoms with Crippen LogP contribution in [-0.2, 0) is 17.8 Å². The molecule has 0 spiro atoms. The maximum atomic E-state index is 12.5. The molecule has 0 aliphatic heterocycles. The van der Waals surface area contributed by atoms with Crippen LogP contribution in [0.4, 0.5) is 0 Å². The van der Waals surface area contributed by atoms with Gasteiger partial charge in [0.25, 0.3) is 5.91 Å². The van der Waals surface area contributed by atoms with Gasteiger partial charge in [-0.2, -0.15) is 4.99 Å². The molecule has 0 atom stereocenters. The summed E-state index contributed by atoms with van der Waals surface area (Å²) in [5.74, 6) is 0.696. The number of hydrogen-bond acceptors (Lipinski definition) is 4. The number of nitrogens with zero attached hydrogens (tertiary/aromatic N) is 2. The highest BCUT2D eigenvalue weighted by molar-refractivity contribution is 7.98. The zero-order valence-electron chi connectivity index (χ0n) is 15.9. The number of rotatable bonds is 7. The molecule has 1 heterocycles. The minimum Gasteiger partial charge on any atom is -0.494 e. The van der Waals surface area contributed by atoms with Crippen molar-refractivity contribution in [3.05, 3.63) is 52.8 Å². The van der Waals surface area contributed by atoms with Gasteiger partial charge in [-0.3, -0.25) is 4.79 Å². The Bertz CT molecular complexity index is 988. The summed E-state index contributed by atoms with van der Waals surface area (Å²) >= 11 is 3.31. The van der Waals surface area contributed by atoms with Gasteiger partial charge in [0.15, 0.2) is 4.80 Å². The number of thiazole rings is 1. The summed E-state index contributed by atoms with van der Waals surface area (Å²) in [6.45, 7) is 5.58. The van der Waals surface area contributed by atoms with Crippen molar-refractivity contribution >= 4 is 39.2 Å². The number of aryl methyl sites for hydroxylation is 1. The Kier molecular flexibility index (Phi) is 6.74. The second-order valence-electron chi connectivity index (χ2n) is 6.13. The molecule has 0 fully saturated rings. The lowest BCUT2D eigenvalue weighted by Crippen LogP contribution is -2.17. The molecule has 0 unspecified atom stereocenters. The highest BCUT2D eigenvalue weighted by Crippen LogP contribution is 2.24. The fourth-order valence-corrected chi connectivity index (χ4v) is 4.52. The van der Waals surface area contributed by atoms with Crippen molar-refractivity contribution in [1.82, 2.24) is 4.57 Å². The molecule has 4 nitrogen and oxygen atoms in total. The molecule has 2 aromatic carbocycles. The minimum atomic E-state index is -0.124. The lowest BCUT2D eigenvalue weighted by Gasteiger charge is -2.04. The standard InChI is InChI=1S/C21H24N2O2S2/c1-4-12-23-18-11-10-17(26-3)14-19(18)27-21(23)22-20(24)13-15-6-8-16(9-7-15)25-5-2/h6-11,14H,4-5,12-13H2,1-3H3. The summed E-state index contributed by atoms with van der Waals surface area (Å²) in [7, 11) is 0. The molecule has 1 amide bonds. The minimum absolute atomic E-state index is 0.124. The van der Waals surface area contributed by atoms with E-state index >= 15 is 0 Å². The van der Waals surface area contributed by atoms with Gasteiger partial charge in [0.1, 0.15) is 5.75 Å². The van der Waals surface area contributed by atoms with E-state index in [1.807, 2.05) is 31.2 Å². The monoisotopic (exact) mass is 400 g/mol. The van der Waals surface area contributed by atoms with E-state index in [0.29, 0.717) is 13.0 Å². The number of thioether (sulfide) groups is 1. The van der Waals surface area contributed by atoms with E-state index in [9.17, 15) is 4.79 Å².